The lowest BCUT2D eigenvalue weighted by molar-refractivity contribution is -0.140. The quantitative estimate of drug-likeness (QED) is 0.733. The first-order chi connectivity index (χ1) is 9.25. The first kappa shape index (κ1) is 16.2. The number of anilines is 1. The Morgan fingerprint density at radius 1 is 1.45 bits per heavy atom. The molecule has 1 aromatic rings. The molecule has 0 aliphatic heterocycles. The number of carboxylic acid groups (broad SMARTS) is 1. The zero-order valence-corrected chi connectivity index (χ0v) is 12.0. The van der Waals surface area contributed by atoms with Crippen LogP contribution in [0, 0.1) is 5.92 Å². The van der Waals surface area contributed by atoms with Crippen molar-refractivity contribution in [3.05, 3.63) is 36.9 Å². The fourth-order valence-corrected chi connectivity index (χ4v) is 2.21. The lowest BCUT2D eigenvalue weighted by Crippen LogP contribution is -2.32. The molecular weight excluding hydrogens is 280 g/mol. The largest absolute Gasteiger partial charge is 0.481 e. The van der Waals surface area contributed by atoms with Crippen LogP contribution in [0.5, 0.6) is 0 Å². The van der Waals surface area contributed by atoms with Crippen LogP contribution in [-0.2, 0) is 14.8 Å². The average molecular weight is 298 g/mol. The average Bonchev–Trinajstić information content (AvgIpc) is 2.37. The van der Waals surface area contributed by atoms with Gasteiger partial charge in [0.2, 0.25) is 10.0 Å². The van der Waals surface area contributed by atoms with E-state index in [2.05, 4.69) is 6.58 Å². The van der Waals surface area contributed by atoms with Crippen molar-refractivity contribution in [1.29, 1.82) is 0 Å². The van der Waals surface area contributed by atoms with Crippen LogP contribution in [0.15, 0.2) is 41.8 Å². The van der Waals surface area contributed by atoms with Gasteiger partial charge in [0.1, 0.15) is 0 Å². The zero-order chi connectivity index (χ0) is 15.3. The summed E-state index contributed by atoms with van der Waals surface area (Å²) in [4.78, 5) is 12.7. The van der Waals surface area contributed by atoms with Crippen molar-refractivity contribution in [2.24, 2.45) is 11.1 Å². The van der Waals surface area contributed by atoms with E-state index in [1.165, 1.54) is 12.1 Å². The number of hydrogen-bond donors (Lipinski definition) is 2. The van der Waals surface area contributed by atoms with E-state index in [9.17, 15) is 13.2 Å². The first-order valence-corrected chi connectivity index (χ1v) is 7.52. The molecule has 0 aliphatic rings. The molecule has 0 bridgehead atoms. The third kappa shape index (κ3) is 4.36. The topological polar surface area (TPSA) is 101 Å². The van der Waals surface area contributed by atoms with Gasteiger partial charge in [0, 0.05) is 18.8 Å². The van der Waals surface area contributed by atoms with Gasteiger partial charge in [-0.1, -0.05) is 13.0 Å². The second kappa shape index (κ2) is 6.53. The highest BCUT2D eigenvalue weighted by atomic mass is 32.2. The van der Waals surface area contributed by atoms with Crippen molar-refractivity contribution in [1.82, 2.24) is 0 Å². The molecule has 0 aliphatic carbocycles. The summed E-state index contributed by atoms with van der Waals surface area (Å²) in [6.07, 6.45) is 1.65. The van der Waals surface area contributed by atoms with Gasteiger partial charge in [0.25, 0.3) is 0 Å². The zero-order valence-electron chi connectivity index (χ0n) is 11.2. The molecule has 3 N–H and O–H groups in total. The van der Waals surface area contributed by atoms with Crippen LogP contribution < -0.4 is 10.0 Å². The maximum Gasteiger partial charge on any atom is 0.308 e. The van der Waals surface area contributed by atoms with Crippen LogP contribution in [0.4, 0.5) is 5.69 Å². The normalized spacial score (nSPS) is 12.7. The molecule has 1 aromatic carbocycles. The van der Waals surface area contributed by atoms with Crippen LogP contribution in [0.25, 0.3) is 0 Å². The number of aliphatic carboxylic acids is 1. The Morgan fingerprint density at radius 2 is 2.00 bits per heavy atom. The minimum atomic E-state index is -3.73. The number of nitrogens with two attached hydrogens (primary N) is 1. The Kier molecular flexibility index (Phi) is 5.29. The van der Waals surface area contributed by atoms with Crippen molar-refractivity contribution in [3.63, 3.8) is 0 Å². The van der Waals surface area contributed by atoms with Gasteiger partial charge in [0.05, 0.1) is 10.8 Å². The van der Waals surface area contributed by atoms with E-state index in [-0.39, 0.29) is 4.90 Å². The lowest BCUT2D eigenvalue weighted by atomic mass is 10.1. The van der Waals surface area contributed by atoms with E-state index in [1.807, 2.05) is 0 Å². The number of sulfonamides is 1. The molecule has 1 atom stereocenters. The summed E-state index contributed by atoms with van der Waals surface area (Å²) in [5.41, 5.74) is 0.713. The molecule has 0 spiro atoms. The van der Waals surface area contributed by atoms with Crippen molar-refractivity contribution in [2.45, 2.75) is 11.8 Å². The highest BCUT2D eigenvalue weighted by Gasteiger charge is 2.16. The Bertz CT molecular complexity index is 581. The van der Waals surface area contributed by atoms with E-state index in [0.29, 0.717) is 18.8 Å². The highest BCUT2D eigenvalue weighted by Crippen LogP contribution is 2.18. The first-order valence-electron chi connectivity index (χ1n) is 5.97. The van der Waals surface area contributed by atoms with Crippen molar-refractivity contribution in [2.75, 3.05) is 18.0 Å². The van der Waals surface area contributed by atoms with E-state index >= 15 is 0 Å². The van der Waals surface area contributed by atoms with Gasteiger partial charge in [-0.05, 0) is 24.3 Å². The predicted molar refractivity (Wildman–Crippen MR) is 77.0 cm³/mol. The van der Waals surface area contributed by atoms with Gasteiger partial charge in [-0.3, -0.25) is 4.79 Å². The van der Waals surface area contributed by atoms with Gasteiger partial charge in [-0.15, -0.1) is 6.58 Å². The van der Waals surface area contributed by atoms with Gasteiger partial charge >= 0.3 is 5.97 Å². The molecule has 0 saturated heterocycles. The Balaban J connectivity index is 2.98. The Hall–Kier alpha value is -1.86. The molecule has 7 heteroatoms. The fourth-order valence-electron chi connectivity index (χ4n) is 1.70. The van der Waals surface area contributed by atoms with E-state index in [4.69, 9.17) is 10.2 Å². The number of carboxylic acids is 1. The van der Waals surface area contributed by atoms with Crippen molar-refractivity contribution >= 4 is 21.7 Å². The van der Waals surface area contributed by atoms with Crippen LogP contribution in [-0.4, -0.2) is 32.6 Å². The minimum absolute atomic E-state index is 0.0195. The monoisotopic (exact) mass is 298 g/mol. The maximum absolute atomic E-state index is 11.2. The molecule has 0 radical (unpaired) electrons. The third-order valence-electron chi connectivity index (χ3n) is 2.80. The summed E-state index contributed by atoms with van der Waals surface area (Å²) in [6.45, 7) is 6.00. The SMILES string of the molecule is C=CCN(CC(C)C(=O)O)c1ccc(S(N)(=O)=O)cc1. The van der Waals surface area contributed by atoms with Crippen LogP contribution >= 0.6 is 0 Å². The molecule has 20 heavy (non-hydrogen) atoms. The smallest absolute Gasteiger partial charge is 0.308 e. The lowest BCUT2D eigenvalue weighted by Gasteiger charge is -2.25. The minimum Gasteiger partial charge on any atom is -0.481 e. The molecule has 0 saturated carbocycles. The fraction of sp³-hybridized carbons (Fsp3) is 0.308. The standard InChI is InChI=1S/C13H18N2O4S/c1-3-8-15(9-10(2)13(16)17)11-4-6-12(7-5-11)20(14,18)19/h3-7,10H,1,8-9H2,2H3,(H,16,17)(H2,14,18,19). The van der Waals surface area contributed by atoms with Gasteiger partial charge in [-0.25, -0.2) is 13.6 Å². The third-order valence-corrected chi connectivity index (χ3v) is 3.72. The molecule has 110 valence electrons. The summed E-state index contributed by atoms with van der Waals surface area (Å²) in [5, 5.41) is 14.0. The molecule has 1 unspecified atom stereocenters. The van der Waals surface area contributed by atoms with Crippen LogP contribution in [0.3, 0.4) is 0 Å². The molecule has 0 amide bonds. The second-order valence-corrected chi connectivity index (χ2v) is 6.03. The van der Waals surface area contributed by atoms with E-state index in [1.54, 1.807) is 30.0 Å². The molecule has 6 nitrogen and oxygen atoms in total. The van der Waals surface area contributed by atoms with Gasteiger partial charge in [0.15, 0.2) is 0 Å². The molecule has 1 rings (SSSR count). The van der Waals surface area contributed by atoms with E-state index in [0.717, 1.165) is 0 Å². The van der Waals surface area contributed by atoms with Crippen molar-refractivity contribution in [3.8, 4) is 0 Å². The predicted octanol–water partition coefficient (Wildman–Crippen LogP) is 1.05. The number of rotatable bonds is 7. The summed E-state index contributed by atoms with van der Waals surface area (Å²) >= 11 is 0. The Morgan fingerprint density at radius 3 is 2.40 bits per heavy atom. The van der Waals surface area contributed by atoms with Crippen LogP contribution in [0.1, 0.15) is 6.92 Å². The van der Waals surface area contributed by atoms with Crippen LogP contribution in [0.2, 0.25) is 0 Å². The summed E-state index contributed by atoms with van der Waals surface area (Å²) in [7, 11) is -3.73. The number of nitrogens with zero attached hydrogens (tertiary/aromatic N) is 1. The summed E-state index contributed by atoms with van der Waals surface area (Å²) in [5.74, 6) is -1.44. The molecule has 0 heterocycles. The summed E-state index contributed by atoms with van der Waals surface area (Å²) < 4.78 is 22.4. The van der Waals surface area contributed by atoms with Gasteiger partial charge in [-0.2, -0.15) is 0 Å². The Labute approximate surface area is 118 Å². The molecule has 0 aromatic heterocycles. The number of benzene rings is 1. The highest BCUT2D eigenvalue weighted by molar-refractivity contribution is 7.89. The van der Waals surface area contributed by atoms with E-state index < -0.39 is 21.9 Å². The maximum atomic E-state index is 11.2. The van der Waals surface area contributed by atoms with Crippen molar-refractivity contribution < 1.29 is 18.3 Å². The molecule has 0 fully saturated rings. The number of hydrogen-bond acceptors (Lipinski definition) is 4. The summed E-state index contributed by atoms with van der Waals surface area (Å²) in [6, 6.07) is 5.98. The van der Waals surface area contributed by atoms with Gasteiger partial charge < -0.3 is 10.0 Å². The molecular formula is C13H18N2O4S. The number of primary sulfonamides is 1. The second-order valence-electron chi connectivity index (χ2n) is 4.47. The number of carbonyl (C=O) groups is 1.